The van der Waals surface area contributed by atoms with Crippen LogP contribution in [0.4, 0.5) is 0 Å². The number of hydrogen-bond acceptors (Lipinski definition) is 2. The van der Waals surface area contributed by atoms with Crippen LogP contribution in [0.15, 0.2) is 16.7 Å². The highest BCUT2D eigenvalue weighted by atomic mass is 79.9. The molecule has 1 aromatic rings. The predicted octanol–water partition coefficient (Wildman–Crippen LogP) is 2.38. The highest BCUT2D eigenvalue weighted by Crippen LogP contribution is 2.22. The van der Waals surface area contributed by atoms with E-state index in [0.717, 1.165) is 10.0 Å². The quantitative estimate of drug-likeness (QED) is 0.803. The van der Waals surface area contributed by atoms with Gasteiger partial charge in [-0.1, -0.05) is 15.9 Å². The van der Waals surface area contributed by atoms with Crippen molar-refractivity contribution in [2.45, 2.75) is 26.4 Å². The molecule has 1 heterocycles. The van der Waals surface area contributed by atoms with Gasteiger partial charge >= 0.3 is 0 Å². The van der Waals surface area contributed by atoms with Gasteiger partial charge in [-0.05, 0) is 32.4 Å². The number of halogens is 1. The number of pyridine rings is 1. The molecule has 0 radical (unpaired) electrons. The summed E-state index contributed by atoms with van der Waals surface area (Å²) in [6.07, 6.45) is 1.75. The zero-order valence-electron chi connectivity index (χ0n) is 7.43. The third kappa shape index (κ3) is 2.05. The van der Waals surface area contributed by atoms with Crippen LogP contribution < -0.4 is 0 Å². The molecule has 0 unspecified atom stereocenters. The summed E-state index contributed by atoms with van der Waals surface area (Å²) in [5.74, 6) is 0. The Balaban J connectivity index is 3.14. The molecule has 1 N–H and O–H groups in total. The second kappa shape index (κ2) is 3.15. The van der Waals surface area contributed by atoms with Crippen LogP contribution in [-0.4, -0.2) is 10.1 Å². The lowest BCUT2D eigenvalue weighted by Crippen LogP contribution is -2.17. The molecule has 0 saturated heterocycles. The van der Waals surface area contributed by atoms with E-state index in [2.05, 4.69) is 20.9 Å². The molecule has 1 aromatic heterocycles. The number of rotatable bonds is 1. The van der Waals surface area contributed by atoms with E-state index in [1.54, 1.807) is 20.0 Å². The topological polar surface area (TPSA) is 33.1 Å². The number of aromatic nitrogens is 1. The molecule has 1 rings (SSSR count). The Kier molecular flexibility index (Phi) is 2.54. The van der Waals surface area contributed by atoms with E-state index in [1.807, 2.05) is 13.0 Å². The third-order valence-electron chi connectivity index (χ3n) is 1.66. The summed E-state index contributed by atoms with van der Waals surface area (Å²) >= 11 is 3.39. The minimum Gasteiger partial charge on any atom is -0.384 e. The zero-order valence-corrected chi connectivity index (χ0v) is 9.01. The minimum atomic E-state index is -0.865. The van der Waals surface area contributed by atoms with Crippen molar-refractivity contribution in [3.63, 3.8) is 0 Å². The monoisotopic (exact) mass is 229 g/mol. The average Bonchev–Trinajstić information content (AvgIpc) is 1.92. The van der Waals surface area contributed by atoms with Gasteiger partial charge in [0.1, 0.15) is 5.60 Å². The fraction of sp³-hybridized carbons (Fsp3) is 0.444. The molecule has 3 heteroatoms. The van der Waals surface area contributed by atoms with Gasteiger partial charge in [-0.3, -0.25) is 4.98 Å². The fourth-order valence-corrected chi connectivity index (χ4v) is 1.15. The Morgan fingerprint density at radius 2 is 2.08 bits per heavy atom. The van der Waals surface area contributed by atoms with Crippen LogP contribution in [0, 0.1) is 6.92 Å². The Morgan fingerprint density at radius 1 is 1.50 bits per heavy atom. The summed E-state index contributed by atoms with van der Waals surface area (Å²) < 4.78 is 0.981. The molecule has 0 aliphatic carbocycles. The van der Waals surface area contributed by atoms with Crippen LogP contribution in [0.1, 0.15) is 25.1 Å². The van der Waals surface area contributed by atoms with Gasteiger partial charge in [0.15, 0.2) is 0 Å². The first-order valence-electron chi connectivity index (χ1n) is 3.76. The van der Waals surface area contributed by atoms with Gasteiger partial charge in [0.25, 0.3) is 0 Å². The number of aryl methyl sites for hydroxylation is 1. The highest BCUT2D eigenvalue weighted by Gasteiger charge is 2.17. The highest BCUT2D eigenvalue weighted by molar-refractivity contribution is 9.10. The van der Waals surface area contributed by atoms with Gasteiger partial charge in [-0.15, -0.1) is 0 Å². The molecule has 0 aromatic carbocycles. The Bertz CT molecular complexity index is 291. The molecule has 2 nitrogen and oxygen atoms in total. The van der Waals surface area contributed by atoms with Crippen molar-refractivity contribution < 1.29 is 5.11 Å². The largest absolute Gasteiger partial charge is 0.384 e. The Hall–Kier alpha value is -0.410. The lowest BCUT2D eigenvalue weighted by molar-refractivity contribution is 0.0737. The van der Waals surface area contributed by atoms with E-state index in [4.69, 9.17) is 0 Å². The second-order valence-corrected chi connectivity index (χ2v) is 4.23. The molecule has 0 bridgehead atoms. The van der Waals surface area contributed by atoms with Crippen LogP contribution in [0.25, 0.3) is 0 Å². The number of aliphatic hydroxyl groups is 1. The van der Waals surface area contributed by atoms with Crippen molar-refractivity contribution >= 4 is 15.9 Å². The first kappa shape index (κ1) is 9.68. The first-order valence-corrected chi connectivity index (χ1v) is 4.55. The molecule has 0 aliphatic heterocycles. The fourth-order valence-electron chi connectivity index (χ4n) is 0.834. The second-order valence-electron chi connectivity index (χ2n) is 3.38. The molecule has 0 atom stereocenters. The Morgan fingerprint density at radius 3 is 2.50 bits per heavy atom. The van der Waals surface area contributed by atoms with Crippen molar-refractivity contribution in [3.05, 3.63) is 28.0 Å². The van der Waals surface area contributed by atoms with Crippen molar-refractivity contribution in [2.24, 2.45) is 0 Å². The maximum Gasteiger partial charge on any atom is 0.101 e. The van der Waals surface area contributed by atoms with Gasteiger partial charge in [-0.2, -0.15) is 0 Å². The van der Waals surface area contributed by atoms with Crippen molar-refractivity contribution in [1.82, 2.24) is 4.98 Å². The van der Waals surface area contributed by atoms with E-state index in [-0.39, 0.29) is 0 Å². The smallest absolute Gasteiger partial charge is 0.101 e. The lowest BCUT2D eigenvalue weighted by atomic mass is 10.0. The summed E-state index contributed by atoms with van der Waals surface area (Å²) in [4.78, 5) is 4.13. The van der Waals surface area contributed by atoms with Crippen LogP contribution >= 0.6 is 15.9 Å². The van der Waals surface area contributed by atoms with E-state index in [9.17, 15) is 5.11 Å². The van der Waals surface area contributed by atoms with E-state index < -0.39 is 5.60 Å². The molecule has 0 fully saturated rings. The minimum absolute atomic E-state index is 0.681. The van der Waals surface area contributed by atoms with E-state index in [1.165, 1.54) is 0 Å². The van der Waals surface area contributed by atoms with Crippen LogP contribution in [-0.2, 0) is 5.60 Å². The molecular weight excluding hydrogens is 218 g/mol. The van der Waals surface area contributed by atoms with Gasteiger partial charge in [0.2, 0.25) is 0 Å². The van der Waals surface area contributed by atoms with E-state index in [0.29, 0.717) is 5.69 Å². The maximum atomic E-state index is 9.62. The molecule has 12 heavy (non-hydrogen) atoms. The third-order valence-corrected chi connectivity index (χ3v) is 2.52. The standard InChI is InChI=1S/C9H12BrNO/c1-6-5-11-8(4-7(6)10)9(2,3)12/h4-5,12H,1-3H3. The molecular formula is C9H12BrNO. The van der Waals surface area contributed by atoms with Crippen molar-refractivity contribution in [2.75, 3.05) is 0 Å². The Labute approximate surface area is 80.8 Å². The lowest BCUT2D eigenvalue weighted by Gasteiger charge is -2.16. The van der Waals surface area contributed by atoms with Gasteiger partial charge < -0.3 is 5.11 Å². The van der Waals surface area contributed by atoms with Crippen LogP contribution in [0.5, 0.6) is 0 Å². The molecule has 0 saturated carbocycles. The van der Waals surface area contributed by atoms with Gasteiger partial charge in [0, 0.05) is 10.7 Å². The molecule has 0 spiro atoms. The van der Waals surface area contributed by atoms with Crippen LogP contribution in [0.3, 0.4) is 0 Å². The summed E-state index contributed by atoms with van der Waals surface area (Å²) in [6, 6.07) is 1.84. The van der Waals surface area contributed by atoms with E-state index >= 15 is 0 Å². The normalized spacial score (nSPS) is 11.8. The summed E-state index contributed by atoms with van der Waals surface area (Å²) in [5, 5.41) is 9.62. The predicted molar refractivity (Wildman–Crippen MR) is 51.9 cm³/mol. The SMILES string of the molecule is Cc1cnc(C(C)(C)O)cc1Br. The maximum absolute atomic E-state index is 9.62. The number of hydrogen-bond donors (Lipinski definition) is 1. The number of nitrogens with zero attached hydrogens (tertiary/aromatic N) is 1. The summed E-state index contributed by atoms with van der Waals surface area (Å²) in [7, 11) is 0. The van der Waals surface area contributed by atoms with Gasteiger partial charge in [-0.25, -0.2) is 0 Å². The summed E-state index contributed by atoms with van der Waals surface area (Å²) in [5.41, 5.74) is 0.888. The summed E-state index contributed by atoms with van der Waals surface area (Å²) in [6.45, 7) is 5.40. The zero-order chi connectivity index (χ0) is 9.35. The van der Waals surface area contributed by atoms with Gasteiger partial charge in [0.05, 0.1) is 5.69 Å². The first-order chi connectivity index (χ1) is 5.41. The average molecular weight is 230 g/mol. The molecule has 66 valence electrons. The molecule has 0 aliphatic rings. The molecule has 0 amide bonds. The van der Waals surface area contributed by atoms with Crippen LogP contribution in [0.2, 0.25) is 0 Å². The van der Waals surface area contributed by atoms with Crippen molar-refractivity contribution in [1.29, 1.82) is 0 Å². The van der Waals surface area contributed by atoms with Crippen molar-refractivity contribution in [3.8, 4) is 0 Å².